The highest BCUT2D eigenvalue weighted by Gasteiger charge is 2.42. The van der Waals surface area contributed by atoms with Crippen molar-refractivity contribution in [1.29, 1.82) is 0 Å². The summed E-state index contributed by atoms with van der Waals surface area (Å²) in [7, 11) is 1.47. The summed E-state index contributed by atoms with van der Waals surface area (Å²) < 4.78 is 20.8. The molecule has 0 spiro atoms. The maximum atomic E-state index is 13.7. The van der Waals surface area contributed by atoms with Crippen molar-refractivity contribution in [1.82, 2.24) is 9.55 Å². The van der Waals surface area contributed by atoms with Crippen LogP contribution in [0.5, 0.6) is 5.75 Å². The van der Waals surface area contributed by atoms with Crippen molar-refractivity contribution >= 4 is 17.0 Å². The first-order chi connectivity index (χ1) is 9.58. The molecule has 108 valence electrons. The van der Waals surface area contributed by atoms with Gasteiger partial charge in [0.2, 0.25) is 5.95 Å². The molecule has 1 aromatic carbocycles. The van der Waals surface area contributed by atoms with Crippen LogP contribution in [0, 0.1) is 11.2 Å². The number of nitrogens with zero attached hydrogens (tertiary/aromatic N) is 2. The minimum Gasteiger partial charge on any atom is -0.494 e. The molecule has 0 amide bonds. The lowest BCUT2D eigenvalue weighted by Gasteiger charge is -2.16. The second-order valence-electron chi connectivity index (χ2n) is 5.78. The van der Waals surface area contributed by atoms with E-state index in [4.69, 9.17) is 10.5 Å². The van der Waals surface area contributed by atoms with E-state index in [1.807, 2.05) is 4.57 Å². The van der Waals surface area contributed by atoms with Gasteiger partial charge in [-0.15, -0.1) is 0 Å². The van der Waals surface area contributed by atoms with Crippen molar-refractivity contribution in [3.8, 4) is 5.75 Å². The number of fused-ring (bicyclic) bond motifs is 1. The number of rotatable bonds is 5. The van der Waals surface area contributed by atoms with Crippen LogP contribution in [0.25, 0.3) is 11.0 Å². The lowest BCUT2D eigenvalue weighted by molar-refractivity contribution is 0.385. The largest absolute Gasteiger partial charge is 0.494 e. The number of hydrogen-bond donors (Lipinski definition) is 1. The van der Waals surface area contributed by atoms with Gasteiger partial charge in [0.15, 0.2) is 11.6 Å². The molecule has 5 heteroatoms. The Labute approximate surface area is 117 Å². The number of nitrogens with two attached hydrogens (primary N) is 1. The van der Waals surface area contributed by atoms with E-state index in [0.717, 1.165) is 12.1 Å². The van der Waals surface area contributed by atoms with Gasteiger partial charge in [0.1, 0.15) is 0 Å². The zero-order valence-electron chi connectivity index (χ0n) is 11.9. The number of benzene rings is 1. The zero-order chi connectivity index (χ0) is 14.3. The molecule has 1 aliphatic carbocycles. The van der Waals surface area contributed by atoms with Crippen LogP contribution in [0.1, 0.15) is 32.6 Å². The summed E-state index contributed by atoms with van der Waals surface area (Å²) in [5, 5.41) is 0. The molecule has 0 aliphatic heterocycles. The van der Waals surface area contributed by atoms with E-state index in [2.05, 4.69) is 11.9 Å². The summed E-state index contributed by atoms with van der Waals surface area (Å²) in [6.45, 7) is 3.06. The van der Waals surface area contributed by atoms with Gasteiger partial charge in [-0.2, -0.15) is 0 Å². The van der Waals surface area contributed by atoms with E-state index in [0.29, 0.717) is 16.9 Å². The Kier molecular flexibility index (Phi) is 3.07. The topological polar surface area (TPSA) is 53.1 Å². The predicted molar refractivity (Wildman–Crippen MR) is 77.2 cm³/mol. The number of ether oxygens (including phenoxy) is 1. The van der Waals surface area contributed by atoms with Crippen LogP contribution in [0.4, 0.5) is 10.3 Å². The molecule has 1 heterocycles. The first kappa shape index (κ1) is 13.2. The molecule has 0 radical (unpaired) electrons. The highest BCUT2D eigenvalue weighted by molar-refractivity contribution is 5.80. The third kappa shape index (κ3) is 2.11. The SMILES string of the molecule is CCCC1(Cn2c(N)nc3cc(F)c(OC)cc32)CC1. The molecule has 3 rings (SSSR count). The van der Waals surface area contributed by atoms with Gasteiger partial charge in [0, 0.05) is 18.7 Å². The standard InChI is InChI=1S/C15H20FN3O/c1-3-4-15(5-6-15)9-19-12-8-13(20-2)10(16)7-11(12)18-14(19)17/h7-8H,3-6,9H2,1-2H3,(H2,17,18). The minimum atomic E-state index is -0.403. The van der Waals surface area contributed by atoms with Crippen LogP contribution >= 0.6 is 0 Å². The Balaban J connectivity index is 2.03. The fraction of sp³-hybridized carbons (Fsp3) is 0.533. The molecule has 2 aromatic rings. The van der Waals surface area contributed by atoms with Crippen LogP contribution in [0.2, 0.25) is 0 Å². The van der Waals surface area contributed by atoms with Gasteiger partial charge in [0.25, 0.3) is 0 Å². The van der Waals surface area contributed by atoms with E-state index in [1.165, 1.54) is 38.9 Å². The molecule has 1 fully saturated rings. The summed E-state index contributed by atoms with van der Waals surface area (Å²) >= 11 is 0. The van der Waals surface area contributed by atoms with Gasteiger partial charge in [-0.25, -0.2) is 9.37 Å². The van der Waals surface area contributed by atoms with Gasteiger partial charge < -0.3 is 15.0 Å². The highest BCUT2D eigenvalue weighted by Crippen LogP contribution is 2.51. The average Bonchev–Trinajstić information content (AvgIpc) is 3.10. The van der Waals surface area contributed by atoms with Gasteiger partial charge >= 0.3 is 0 Å². The van der Waals surface area contributed by atoms with Crippen molar-refractivity contribution in [2.75, 3.05) is 12.8 Å². The number of anilines is 1. The minimum absolute atomic E-state index is 0.235. The molecule has 0 unspecified atom stereocenters. The molecule has 0 bridgehead atoms. The van der Waals surface area contributed by atoms with E-state index >= 15 is 0 Å². The molecule has 0 saturated heterocycles. The second kappa shape index (κ2) is 4.65. The van der Waals surface area contributed by atoms with E-state index < -0.39 is 5.82 Å². The van der Waals surface area contributed by atoms with Crippen molar-refractivity contribution in [2.24, 2.45) is 5.41 Å². The number of hydrogen-bond acceptors (Lipinski definition) is 3. The smallest absolute Gasteiger partial charge is 0.201 e. The maximum absolute atomic E-state index is 13.7. The maximum Gasteiger partial charge on any atom is 0.201 e. The third-order valence-corrected chi connectivity index (χ3v) is 4.28. The fourth-order valence-electron chi connectivity index (χ4n) is 3.00. The van der Waals surface area contributed by atoms with E-state index in [1.54, 1.807) is 6.07 Å². The van der Waals surface area contributed by atoms with Crippen LogP contribution in [0.15, 0.2) is 12.1 Å². The Bertz CT molecular complexity index is 646. The normalized spacial score (nSPS) is 16.6. The summed E-state index contributed by atoms with van der Waals surface area (Å²) in [5.74, 6) is 0.286. The molecule has 20 heavy (non-hydrogen) atoms. The number of imidazole rings is 1. The second-order valence-corrected chi connectivity index (χ2v) is 5.78. The molecular formula is C15H20FN3O. The van der Waals surface area contributed by atoms with Gasteiger partial charge in [-0.05, 0) is 24.7 Å². The van der Waals surface area contributed by atoms with Crippen LogP contribution in [-0.2, 0) is 6.54 Å². The van der Waals surface area contributed by atoms with E-state index in [9.17, 15) is 4.39 Å². The first-order valence-corrected chi connectivity index (χ1v) is 7.08. The summed E-state index contributed by atoms with van der Waals surface area (Å²) in [6, 6.07) is 3.08. The lowest BCUT2D eigenvalue weighted by atomic mass is 10.0. The van der Waals surface area contributed by atoms with Gasteiger partial charge in [-0.3, -0.25) is 0 Å². The van der Waals surface area contributed by atoms with Crippen molar-refractivity contribution < 1.29 is 9.13 Å². The predicted octanol–water partition coefficient (Wildman–Crippen LogP) is 3.35. The molecule has 4 nitrogen and oxygen atoms in total. The zero-order valence-corrected chi connectivity index (χ0v) is 11.9. The summed E-state index contributed by atoms with van der Waals surface area (Å²) in [6.07, 6.45) is 4.84. The van der Waals surface area contributed by atoms with Crippen molar-refractivity contribution in [2.45, 2.75) is 39.2 Å². The first-order valence-electron chi connectivity index (χ1n) is 7.08. The molecular weight excluding hydrogens is 257 g/mol. The molecule has 0 atom stereocenters. The van der Waals surface area contributed by atoms with Crippen molar-refractivity contribution in [3.05, 3.63) is 17.9 Å². The number of methoxy groups -OCH3 is 1. The lowest BCUT2D eigenvalue weighted by Crippen LogP contribution is -2.13. The summed E-state index contributed by atoms with van der Waals surface area (Å²) in [4.78, 5) is 4.27. The number of nitrogen functional groups attached to an aromatic ring is 1. The Morgan fingerprint density at radius 3 is 2.80 bits per heavy atom. The van der Waals surface area contributed by atoms with Crippen LogP contribution in [-0.4, -0.2) is 16.7 Å². The number of halogens is 1. The monoisotopic (exact) mass is 277 g/mol. The fourth-order valence-corrected chi connectivity index (χ4v) is 3.00. The Morgan fingerprint density at radius 1 is 1.45 bits per heavy atom. The highest BCUT2D eigenvalue weighted by atomic mass is 19.1. The Morgan fingerprint density at radius 2 is 2.20 bits per heavy atom. The molecule has 2 N–H and O–H groups in total. The van der Waals surface area contributed by atoms with E-state index in [-0.39, 0.29) is 5.75 Å². The third-order valence-electron chi connectivity index (χ3n) is 4.28. The number of aromatic nitrogens is 2. The Hall–Kier alpha value is -1.78. The molecule has 1 aromatic heterocycles. The molecule has 1 saturated carbocycles. The quantitative estimate of drug-likeness (QED) is 0.911. The van der Waals surface area contributed by atoms with Gasteiger partial charge in [0.05, 0.1) is 18.1 Å². The van der Waals surface area contributed by atoms with Crippen LogP contribution < -0.4 is 10.5 Å². The van der Waals surface area contributed by atoms with Gasteiger partial charge in [-0.1, -0.05) is 13.3 Å². The molecule has 1 aliphatic rings. The summed E-state index contributed by atoms with van der Waals surface area (Å²) in [5.41, 5.74) is 7.81. The van der Waals surface area contributed by atoms with Crippen molar-refractivity contribution in [3.63, 3.8) is 0 Å². The average molecular weight is 277 g/mol. The van der Waals surface area contributed by atoms with Crippen LogP contribution in [0.3, 0.4) is 0 Å².